The van der Waals surface area contributed by atoms with E-state index in [-0.39, 0.29) is 11.7 Å². The van der Waals surface area contributed by atoms with Crippen molar-refractivity contribution in [2.75, 3.05) is 39.4 Å². The molecule has 180 valence electrons. The molecule has 3 aromatic rings. The van der Waals surface area contributed by atoms with Crippen LogP contribution in [-0.4, -0.2) is 61.7 Å². The maximum Gasteiger partial charge on any atom is 0.270 e. The first-order chi connectivity index (χ1) is 17.1. The predicted octanol–water partition coefficient (Wildman–Crippen LogP) is 4.35. The number of Topliss-reactive ketones (excluding diaryl/α,β-unsaturated/α-hetero) is 1. The fourth-order valence-corrected chi connectivity index (χ4v) is 5.69. The van der Waals surface area contributed by atoms with Gasteiger partial charge in [0.2, 0.25) is 0 Å². The summed E-state index contributed by atoms with van der Waals surface area (Å²) in [6.07, 6.45) is 0.384. The Bertz CT molecular complexity index is 1260. The molecule has 0 spiro atoms. The second kappa shape index (κ2) is 11.0. The molecule has 6 nitrogen and oxygen atoms in total. The molecule has 0 saturated carbocycles. The van der Waals surface area contributed by atoms with Crippen molar-refractivity contribution in [3.8, 4) is 11.1 Å². The molecule has 0 bridgehead atoms. The normalized spacial score (nSPS) is 15.5. The van der Waals surface area contributed by atoms with Crippen LogP contribution in [0.25, 0.3) is 11.1 Å². The molecular weight excluding hydrogens is 526 g/mol. The minimum Gasteiger partial charge on any atom is -0.379 e. The Kier molecular flexibility index (Phi) is 7.53. The van der Waals surface area contributed by atoms with Crippen LogP contribution >= 0.6 is 27.3 Å². The minimum atomic E-state index is -0.114. The molecule has 2 aliphatic heterocycles. The van der Waals surface area contributed by atoms with E-state index in [2.05, 4.69) is 37.2 Å². The fourth-order valence-electron chi connectivity index (χ4n) is 4.37. The Balaban J connectivity index is 1.19. The molecular formula is C27H26BrN3O3S. The van der Waals surface area contributed by atoms with Crippen LogP contribution in [0, 0.1) is 0 Å². The van der Waals surface area contributed by atoms with Crippen LogP contribution in [0.1, 0.15) is 26.4 Å². The summed E-state index contributed by atoms with van der Waals surface area (Å²) in [6.45, 7) is 5.26. The van der Waals surface area contributed by atoms with E-state index in [1.165, 1.54) is 11.3 Å². The molecule has 1 amide bonds. The third-order valence-electron chi connectivity index (χ3n) is 6.30. The number of morpholine rings is 1. The van der Waals surface area contributed by atoms with Gasteiger partial charge in [0.15, 0.2) is 5.78 Å². The summed E-state index contributed by atoms with van der Waals surface area (Å²) < 4.78 is 6.33. The van der Waals surface area contributed by atoms with Crippen LogP contribution < -0.4 is 5.32 Å². The number of aliphatic imine (C=N–C) groups is 1. The molecule has 1 N–H and O–H groups in total. The zero-order valence-corrected chi connectivity index (χ0v) is 21.7. The van der Waals surface area contributed by atoms with Crippen molar-refractivity contribution in [1.29, 1.82) is 0 Å². The summed E-state index contributed by atoms with van der Waals surface area (Å²) in [5.41, 5.74) is 5.62. The van der Waals surface area contributed by atoms with E-state index in [0.717, 1.165) is 69.3 Å². The molecule has 8 heteroatoms. The molecule has 3 heterocycles. The number of nitrogens with zero attached hydrogens (tertiary/aromatic N) is 2. The van der Waals surface area contributed by atoms with Gasteiger partial charge in [0.25, 0.3) is 5.91 Å². The summed E-state index contributed by atoms with van der Waals surface area (Å²) in [5, 5.41) is 3.01. The van der Waals surface area contributed by atoms with Crippen LogP contribution in [0.5, 0.6) is 0 Å². The van der Waals surface area contributed by atoms with Crippen molar-refractivity contribution < 1.29 is 14.3 Å². The highest BCUT2D eigenvalue weighted by Crippen LogP contribution is 2.28. The summed E-state index contributed by atoms with van der Waals surface area (Å²) in [6, 6.07) is 18.0. The number of ether oxygens (including phenoxy) is 1. The minimum absolute atomic E-state index is 0.114. The first kappa shape index (κ1) is 24.1. The monoisotopic (exact) mass is 551 g/mol. The van der Waals surface area contributed by atoms with Crippen LogP contribution in [0.4, 0.5) is 0 Å². The van der Waals surface area contributed by atoms with Crippen molar-refractivity contribution >= 4 is 44.7 Å². The van der Waals surface area contributed by atoms with E-state index >= 15 is 0 Å². The van der Waals surface area contributed by atoms with Crippen LogP contribution in [0.2, 0.25) is 0 Å². The number of carbonyl (C=O) groups excluding carboxylic acids is 2. The number of thiophene rings is 1. The fraction of sp³-hybridized carbons (Fsp3) is 0.296. The number of ketones is 1. The quantitative estimate of drug-likeness (QED) is 0.422. The summed E-state index contributed by atoms with van der Waals surface area (Å²) >= 11 is 4.87. The Morgan fingerprint density at radius 1 is 1.03 bits per heavy atom. The van der Waals surface area contributed by atoms with Gasteiger partial charge in [-0.05, 0) is 56.4 Å². The summed E-state index contributed by atoms with van der Waals surface area (Å²) in [7, 11) is 0. The van der Waals surface area contributed by atoms with Crippen molar-refractivity contribution in [3.63, 3.8) is 0 Å². The zero-order valence-electron chi connectivity index (χ0n) is 19.3. The van der Waals surface area contributed by atoms with E-state index in [9.17, 15) is 9.59 Å². The van der Waals surface area contributed by atoms with E-state index < -0.39 is 0 Å². The number of nitrogens with one attached hydrogen (secondary N) is 1. The number of hydrogen-bond acceptors (Lipinski definition) is 6. The molecule has 2 aliphatic rings. The second-order valence-electron chi connectivity index (χ2n) is 8.65. The van der Waals surface area contributed by atoms with Crippen LogP contribution in [-0.2, 0) is 22.5 Å². The Morgan fingerprint density at radius 2 is 1.80 bits per heavy atom. The van der Waals surface area contributed by atoms with E-state index in [1.807, 2.05) is 48.5 Å². The molecule has 1 fully saturated rings. The number of fused-ring (bicyclic) bond motifs is 1. The van der Waals surface area contributed by atoms with E-state index in [4.69, 9.17) is 4.74 Å². The SMILES string of the molecule is O=C(NCCN1CCOCC1)C1=NCc2cc(-c3ccc(CC(=O)c4ccc(Br)s4)cc3)ccc21. The third kappa shape index (κ3) is 5.78. The average Bonchev–Trinajstić information content (AvgIpc) is 3.51. The Labute approximate surface area is 217 Å². The smallest absolute Gasteiger partial charge is 0.270 e. The maximum absolute atomic E-state index is 12.7. The second-order valence-corrected chi connectivity index (χ2v) is 11.1. The van der Waals surface area contributed by atoms with E-state index in [0.29, 0.717) is 25.2 Å². The molecule has 35 heavy (non-hydrogen) atoms. The van der Waals surface area contributed by atoms with Gasteiger partial charge in [-0.3, -0.25) is 19.5 Å². The lowest BCUT2D eigenvalue weighted by Crippen LogP contribution is -2.42. The van der Waals surface area contributed by atoms with Gasteiger partial charge in [-0.25, -0.2) is 0 Å². The van der Waals surface area contributed by atoms with Crippen molar-refractivity contribution in [2.24, 2.45) is 4.99 Å². The lowest BCUT2D eigenvalue weighted by molar-refractivity contribution is -0.114. The van der Waals surface area contributed by atoms with Crippen molar-refractivity contribution in [2.45, 2.75) is 13.0 Å². The predicted molar refractivity (Wildman–Crippen MR) is 142 cm³/mol. The third-order valence-corrected chi connectivity index (χ3v) is 7.96. The van der Waals surface area contributed by atoms with Gasteiger partial charge in [0.1, 0.15) is 5.71 Å². The standard InChI is InChI=1S/C27H26BrN3O3S/c28-25-8-7-24(35-25)23(32)15-18-1-3-19(4-2-18)20-5-6-22-21(16-20)17-30-26(22)27(33)29-9-10-31-11-13-34-14-12-31/h1-8,16H,9-15,17H2,(H,29,33). The van der Waals surface area contributed by atoms with Gasteiger partial charge in [0.05, 0.1) is 28.4 Å². The number of halogens is 1. The number of carbonyl (C=O) groups is 2. The Morgan fingerprint density at radius 3 is 2.54 bits per heavy atom. The first-order valence-corrected chi connectivity index (χ1v) is 13.3. The summed E-state index contributed by atoms with van der Waals surface area (Å²) in [5.74, 6) is 0.00966. The first-order valence-electron chi connectivity index (χ1n) is 11.7. The molecule has 2 aromatic carbocycles. The van der Waals surface area contributed by atoms with Gasteiger partial charge >= 0.3 is 0 Å². The van der Waals surface area contributed by atoms with Crippen LogP contribution in [0.15, 0.2) is 63.4 Å². The molecule has 1 saturated heterocycles. The van der Waals surface area contributed by atoms with Gasteiger partial charge < -0.3 is 10.1 Å². The molecule has 0 radical (unpaired) electrons. The maximum atomic E-state index is 12.7. The van der Waals surface area contributed by atoms with Gasteiger partial charge in [-0.15, -0.1) is 11.3 Å². The van der Waals surface area contributed by atoms with Crippen LogP contribution in [0.3, 0.4) is 0 Å². The lowest BCUT2D eigenvalue weighted by atomic mass is 9.97. The van der Waals surface area contributed by atoms with Crippen molar-refractivity contribution in [1.82, 2.24) is 10.2 Å². The highest BCUT2D eigenvalue weighted by Gasteiger charge is 2.22. The molecule has 0 atom stereocenters. The number of amides is 1. The lowest BCUT2D eigenvalue weighted by Gasteiger charge is -2.26. The molecule has 1 aromatic heterocycles. The molecule has 0 unspecified atom stereocenters. The highest BCUT2D eigenvalue weighted by atomic mass is 79.9. The number of benzene rings is 2. The zero-order chi connectivity index (χ0) is 24.2. The van der Waals surface area contributed by atoms with Gasteiger partial charge in [-0.1, -0.05) is 36.4 Å². The van der Waals surface area contributed by atoms with E-state index in [1.54, 1.807) is 0 Å². The average molecular weight is 552 g/mol. The van der Waals surface area contributed by atoms with Gasteiger partial charge in [-0.2, -0.15) is 0 Å². The van der Waals surface area contributed by atoms with Gasteiger partial charge in [0, 0.05) is 38.2 Å². The Hall–Kier alpha value is -2.65. The number of rotatable bonds is 8. The number of hydrogen-bond donors (Lipinski definition) is 1. The highest BCUT2D eigenvalue weighted by molar-refractivity contribution is 9.11. The molecule has 5 rings (SSSR count). The largest absolute Gasteiger partial charge is 0.379 e. The molecule has 0 aliphatic carbocycles. The van der Waals surface area contributed by atoms with Crippen molar-refractivity contribution in [3.05, 3.63) is 80.0 Å². The summed E-state index contributed by atoms with van der Waals surface area (Å²) in [4.78, 5) is 32.8. The topological polar surface area (TPSA) is 71.0 Å².